The lowest BCUT2D eigenvalue weighted by molar-refractivity contribution is -0.141. The number of carbonyl (C=O) groups excluding carboxylic acids is 1. The number of anilines is 1. The standard InChI is InChI=1S/C15H15F3N2OS/c1-3-6-10-7-4-5-8-11(10)20-14(21)12-13(15(16,17)18)19-9(2)22-12/h4-5,7-8H,3,6H2,1-2H3,(H,20,21). The zero-order chi connectivity index (χ0) is 16.3. The number of nitrogens with zero attached hydrogens (tertiary/aromatic N) is 1. The van der Waals surface area contributed by atoms with E-state index in [-0.39, 0.29) is 5.01 Å². The van der Waals surface area contributed by atoms with Crippen molar-refractivity contribution in [2.75, 3.05) is 5.32 Å². The molecular weight excluding hydrogens is 313 g/mol. The first-order valence-electron chi connectivity index (χ1n) is 6.76. The molecule has 0 aliphatic rings. The molecule has 0 fully saturated rings. The molecule has 22 heavy (non-hydrogen) atoms. The largest absolute Gasteiger partial charge is 0.435 e. The van der Waals surface area contributed by atoms with Crippen molar-refractivity contribution in [1.82, 2.24) is 4.98 Å². The van der Waals surface area contributed by atoms with E-state index in [2.05, 4.69) is 10.3 Å². The summed E-state index contributed by atoms with van der Waals surface area (Å²) in [5, 5.41) is 2.78. The number of hydrogen-bond acceptors (Lipinski definition) is 3. The number of hydrogen-bond donors (Lipinski definition) is 1. The molecule has 0 unspecified atom stereocenters. The highest BCUT2D eigenvalue weighted by Gasteiger charge is 2.39. The average molecular weight is 328 g/mol. The molecule has 0 spiro atoms. The van der Waals surface area contributed by atoms with Crippen LogP contribution in [-0.2, 0) is 12.6 Å². The number of halogens is 3. The van der Waals surface area contributed by atoms with Gasteiger partial charge in [-0.1, -0.05) is 31.5 Å². The summed E-state index contributed by atoms with van der Waals surface area (Å²) in [4.78, 5) is 15.2. The van der Waals surface area contributed by atoms with Crippen LogP contribution in [0.15, 0.2) is 24.3 Å². The van der Waals surface area contributed by atoms with Gasteiger partial charge in [-0.3, -0.25) is 4.79 Å². The lowest BCUT2D eigenvalue weighted by Gasteiger charge is -2.11. The summed E-state index contributed by atoms with van der Waals surface area (Å²) >= 11 is 0.745. The maximum absolute atomic E-state index is 12.9. The van der Waals surface area contributed by atoms with Crippen molar-refractivity contribution in [3.05, 3.63) is 45.4 Å². The maximum Gasteiger partial charge on any atom is 0.435 e. The van der Waals surface area contributed by atoms with Gasteiger partial charge in [-0.25, -0.2) is 4.98 Å². The van der Waals surface area contributed by atoms with Crippen LogP contribution in [0, 0.1) is 6.92 Å². The first-order chi connectivity index (χ1) is 10.3. The normalized spacial score (nSPS) is 11.5. The number of para-hydroxylation sites is 1. The van der Waals surface area contributed by atoms with Gasteiger partial charge in [-0.05, 0) is 25.0 Å². The number of nitrogens with one attached hydrogen (secondary N) is 1. The summed E-state index contributed by atoms with van der Waals surface area (Å²) in [5.41, 5.74) is 0.308. The molecule has 0 saturated carbocycles. The summed E-state index contributed by atoms with van der Waals surface area (Å²) in [5.74, 6) is -0.776. The second-order valence-corrected chi connectivity index (χ2v) is 5.97. The molecule has 1 aromatic carbocycles. The van der Waals surface area contributed by atoms with Gasteiger partial charge in [0, 0.05) is 5.69 Å². The number of amides is 1. The first-order valence-corrected chi connectivity index (χ1v) is 7.58. The van der Waals surface area contributed by atoms with Crippen molar-refractivity contribution in [3.8, 4) is 0 Å². The van der Waals surface area contributed by atoms with Crippen LogP contribution in [0.1, 0.15) is 39.3 Å². The van der Waals surface area contributed by atoms with Gasteiger partial charge in [0.25, 0.3) is 5.91 Å². The van der Waals surface area contributed by atoms with E-state index >= 15 is 0 Å². The highest BCUT2D eigenvalue weighted by Crippen LogP contribution is 2.34. The molecule has 1 N–H and O–H groups in total. The van der Waals surface area contributed by atoms with Gasteiger partial charge in [0.2, 0.25) is 0 Å². The van der Waals surface area contributed by atoms with Crippen molar-refractivity contribution < 1.29 is 18.0 Å². The van der Waals surface area contributed by atoms with Gasteiger partial charge in [-0.2, -0.15) is 13.2 Å². The van der Waals surface area contributed by atoms with E-state index in [1.165, 1.54) is 6.92 Å². The molecule has 7 heteroatoms. The zero-order valence-electron chi connectivity index (χ0n) is 12.1. The highest BCUT2D eigenvalue weighted by molar-refractivity contribution is 7.13. The number of aromatic nitrogens is 1. The average Bonchev–Trinajstić information content (AvgIpc) is 2.83. The Morgan fingerprint density at radius 2 is 2.00 bits per heavy atom. The summed E-state index contributed by atoms with van der Waals surface area (Å²) < 4.78 is 38.8. The van der Waals surface area contributed by atoms with Gasteiger partial charge in [0.15, 0.2) is 5.69 Å². The molecule has 2 rings (SSSR count). The van der Waals surface area contributed by atoms with E-state index in [1.807, 2.05) is 19.1 Å². The molecule has 1 amide bonds. The van der Waals surface area contributed by atoms with Crippen molar-refractivity contribution in [2.45, 2.75) is 32.9 Å². The van der Waals surface area contributed by atoms with Crippen LogP contribution >= 0.6 is 11.3 Å². The molecular formula is C15H15F3N2OS. The smallest absolute Gasteiger partial charge is 0.321 e. The van der Waals surface area contributed by atoms with Crippen molar-refractivity contribution >= 4 is 22.9 Å². The Hall–Kier alpha value is -1.89. The van der Waals surface area contributed by atoms with Crippen LogP contribution in [0.3, 0.4) is 0 Å². The molecule has 0 saturated heterocycles. The Kier molecular flexibility index (Phi) is 4.85. The molecule has 0 atom stereocenters. The summed E-state index contributed by atoms with van der Waals surface area (Å²) in [6.07, 6.45) is -3.02. The molecule has 1 heterocycles. The van der Waals surface area contributed by atoms with Gasteiger partial charge in [0.05, 0.1) is 5.01 Å². The molecule has 0 bridgehead atoms. The topological polar surface area (TPSA) is 42.0 Å². The Labute approximate surface area is 130 Å². The molecule has 0 aliphatic carbocycles. The van der Waals surface area contributed by atoms with Crippen LogP contribution < -0.4 is 5.32 Å². The van der Waals surface area contributed by atoms with Crippen LogP contribution in [0.25, 0.3) is 0 Å². The number of aryl methyl sites for hydroxylation is 2. The third-order valence-electron chi connectivity index (χ3n) is 2.99. The fourth-order valence-electron chi connectivity index (χ4n) is 2.08. The van der Waals surface area contributed by atoms with E-state index in [9.17, 15) is 18.0 Å². The predicted octanol–water partition coefficient (Wildman–Crippen LogP) is 4.68. The number of alkyl halides is 3. The van der Waals surface area contributed by atoms with Crippen LogP contribution in [-0.4, -0.2) is 10.9 Å². The van der Waals surface area contributed by atoms with Crippen molar-refractivity contribution in [3.63, 3.8) is 0 Å². The van der Waals surface area contributed by atoms with Crippen molar-refractivity contribution in [1.29, 1.82) is 0 Å². The summed E-state index contributed by atoms with van der Waals surface area (Å²) in [6, 6.07) is 7.10. The monoisotopic (exact) mass is 328 g/mol. The Balaban J connectivity index is 2.31. The van der Waals surface area contributed by atoms with Gasteiger partial charge in [-0.15, -0.1) is 11.3 Å². The minimum Gasteiger partial charge on any atom is -0.321 e. The van der Waals surface area contributed by atoms with E-state index in [0.717, 1.165) is 29.7 Å². The van der Waals surface area contributed by atoms with Crippen LogP contribution in [0.2, 0.25) is 0 Å². The predicted molar refractivity (Wildman–Crippen MR) is 80.2 cm³/mol. The van der Waals surface area contributed by atoms with E-state index in [1.54, 1.807) is 12.1 Å². The molecule has 118 valence electrons. The van der Waals surface area contributed by atoms with E-state index in [0.29, 0.717) is 5.69 Å². The quantitative estimate of drug-likeness (QED) is 0.886. The summed E-state index contributed by atoms with van der Waals surface area (Å²) in [6.45, 7) is 3.44. The van der Waals surface area contributed by atoms with E-state index < -0.39 is 22.7 Å². The molecule has 1 aromatic heterocycles. The summed E-state index contributed by atoms with van der Waals surface area (Å²) in [7, 11) is 0. The Morgan fingerprint density at radius 3 is 2.64 bits per heavy atom. The second-order valence-electron chi connectivity index (χ2n) is 4.77. The SMILES string of the molecule is CCCc1ccccc1NC(=O)c1sc(C)nc1C(F)(F)F. The lowest BCUT2D eigenvalue weighted by Crippen LogP contribution is -2.18. The second kappa shape index (κ2) is 6.48. The Morgan fingerprint density at radius 1 is 1.32 bits per heavy atom. The number of thiazole rings is 1. The third-order valence-corrected chi connectivity index (χ3v) is 3.96. The van der Waals surface area contributed by atoms with E-state index in [4.69, 9.17) is 0 Å². The zero-order valence-corrected chi connectivity index (χ0v) is 12.9. The highest BCUT2D eigenvalue weighted by atomic mass is 32.1. The van der Waals surface area contributed by atoms with Gasteiger partial charge >= 0.3 is 6.18 Å². The maximum atomic E-state index is 12.9. The Bertz CT molecular complexity index is 680. The minimum atomic E-state index is -4.64. The fourth-order valence-corrected chi connectivity index (χ4v) is 2.92. The van der Waals surface area contributed by atoms with Gasteiger partial charge < -0.3 is 5.32 Å². The minimum absolute atomic E-state index is 0.208. The lowest BCUT2D eigenvalue weighted by atomic mass is 10.1. The molecule has 2 aromatic rings. The molecule has 0 aliphatic heterocycles. The van der Waals surface area contributed by atoms with Crippen LogP contribution in [0.5, 0.6) is 0 Å². The number of benzene rings is 1. The number of carbonyl (C=O) groups is 1. The fraction of sp³-hybridized carbons (Fsp3) is 0.333. The number of rotatable bonds is 4. The first kappa shape index (κ1) is 16.5. The molecule has 3 nitrogen and oxygen atoms in total. The van der Waals surface area contributed by atoms with Crippen LogP contribution in [0.4, 0.5) is 18.9 Å². The molecule has 0 radical (unpaired) electrons. The third kappa shape index (κ3) is 3.65. The van der Waals surface area contributed by atoms with Gasteiger partial charge in [0.1, 0.15) is 4.88 Å². The van der Waals surface area contributed by atoms with Crippen molar-refractivity contribution in [2.24, 2.45) is 0 Å².